The number of hydrogen-bond acceptors (Lipinski definition) is 0. The lowest BCUT2D eigenvalue weighted by Gasteiger charge is -2.37. The van der Waals surface area contributed by atoms with Gasteiger partial charge in [-0.25, -0.2) is 0 Å². The summed E-state index contributed by atoms with van der Waals surface area (Å²) in [7, 11) is 0. The summed E-state index contributed by atoms with van der Waals surface area (Å²) in [6, 6.07) is 0. The third kappa shape index (κ3) is 2.72. The maximum atomic E-state index is 2.34. The summed E-state index contributed by atoms with van der Waals surface area (Å²) in [6.07, 6.45) is 4.43. The molecule has 0 spiro atoms. The number of hydrogen-bond donors (Lipinski definition) is 0. The second-order valence-electron chi connectivity index (χ2n) is 3.99. The molecule has 0 amide bonds. The van der Waals surface area contributed by atoms with Crippen LogP contribution in [0, 0.1) is 11.3 Å². The van der Waals surface area contributed by atoms with Gasteiger partial charge in [0.15, 0.2) is 0 Å². The third-order valence-corrected chi connectivity index (χ3v) is 2.33. The largest absolute Gasteiger partial charge is 0.0683 e. The molecule has 1 aliphatic carbocycles. The summed E-state index contributed by atoms with van der Waals surface area (Å²) >= 11 is 0. The van der Waals surface area contributed by atoms with Gasteiger partial charge in [-0.2, -0.15) is 0 Å². The van der Waals surface area contributed by atoms with Gasteiger partial charge in [0.2, 0.25) is 0 Å². The summed E-state index contributed by atoms with van der Waals surface area (Å²) in [4.78, 5) is 0. The lowest BCUT2D eigenvalue weighted by molar-refractivity contribution is 0.141. The quantitative estimate of drug-likeness (QED) is 0.482. The van der Waals surface area contributed by atoms with Crippen molar-refractivity contribution in [1.29, 1.82) is 0 Å². The van der Waals surface area contributed by atoms with E-state index >= 15 is 0 Å². The van der Waals surface area contributed by atoms with E-state index in [-0.39, 0.29) is 0 Å². The van der Waals surface area contributed by atoms with E-state index in [2.05, 4.69) is 20.8 Å². The Labute approximate surface area is 66.0 Å². The van der Waals surface area contributed by atoms with Gasteiger partial charge in [0.1, 0.15) is 0 Å². The molecule has 0 N–H and O–H groups in total. The van der Waals surface area contributed by atoms with Crippen molar-refractivity contribution in [2.24, 2.45) is 11.3 Å². The molecular weight excluding hydrogens is 120 g/mol. The second kappa shape index (κ2) is 4.00. The summed E-state index contributed by atoms with van der Waals surface area (Å²) in [5.74, 6) is 1.03. The van der Waals surface area contributed by atoms with Crippen LogP contribution < -0.4 is 0 Å². The number of rotatable bonds is 0. The van der Waals surface area contributed by atoms with Crippen LogP contribution in [0.2, 0.25) is 0 Å². The molecule has 0 heterocycles. The van der Waals surface area contributed by atoms with Crippen LogP contribution in [0.25, 0.3) is 0 Å². The van der Waals surface area contributed by atoms with Crippen molar-refractivity contribution in [3.63, 3.8) is 0 Å². The van der Waals surface area contributed by atoms with Crippen LogP contribution in [-0.2, 0) is 0 Å². The van der Waals surface area contributed by atoms with Crippen molar-refractivity contribution < 1.29 is 0 Å². The van der Waals surface area contributed by atoms with Crippen LogP contribution >= 0.6 is 0 Å². The van der Waals surface area contributed by atoms with Crippen LogP contribution in [0.15, 0.2) is 0 Å². The highest BCUT2D eigenvalue weighted by Gasteiger charge is 2.29. The third-order valence-electron chi connectivity index (χ3n) is 2.33. The van der Waals surface area contributed by atoms with Crippen LogP contribution in [0.5, 0.6) is 0 Å². The molecule has 0 unspecified atom stereocenters. The fraction of sp³-hybridized carbons (Fsp3) is 1.00. The predicted molar refractivity (Wildman–Crippen MR) is 48.1 cm³/mol. The molecule has 0 nitrogen and oxygen atoms in total. The maximum absolute atomic E-state index is 2.34. The first-order chi connectivity index (χ1) is 4.61. The molecule has 0 bridgehead atoms. The van der Waals surface area contributed by atoms with E-state index in [0.29, 0.717) is 5.41 Å². The van der Waals surface area contributed by atoms with Crippen molar-refractivity contribution in [1.82, 2.24) is 0 Å². The van der Waals surface area contributed by atoms with E-state index in [1.165, 1.54) is 19.3 Å². The second-order valence-corrected chi connectivity index (χ2v) is 3.99. The van der Waals surface area contributed by atoms with Crippen LogP contribution in [0.1, 0.15) is 53.9 Å². The Morgan fingerprint density at radius 3 is 1.40 bits per heavy atom. The van der Waals surface area contributed by atoms with Crippen molar-refractivity contribution >= 4 is 0 Å². The smallest absolute Gasteiger partial charge is 0.0354 e. The summed E-state index contributed by atoms with van der Waals surface area (Å²) in [6.45, 7) is 11.0. The minimum Gasteiger partial charge on any atom is -0.0683 e. The van der Waals surface area contributed by atoms with E-state index in [9.17, 15) is 0 Å². The van der Waals surface area contributed by atoms with Crippen molar-refractivity contribution in [2.45, 2.75) is 53.9 Å². The molecule has 1 saturated carbocycles. The normalized spacial score (nSPS) is 18.9. The van der Waals surface area contributed by atoms with Gasteiger partial charge in [-0.1, -0.05) is 41.0 Å². The predicted octanol–water partition coefficient (Wildman–Crippen LogP) is 3.86. The van der Waals surface area contributed by atoms with E-state index in [1.807, 2.05) is 13.8 Å². The lowest BCUT2D eigenvalue weighted by Crippen LogP contribution is -2.26. The highest BCUT2D eigenvalue weighted by atomic mass is 14.3. The first-order valence-corrected chi connectivity index (χ1v) is 4.61. The average molecular weight is 142 g/mol. The average Bonchev–Trinajstić information content (AvgIpc) is 1.61. The van der Waals surface area contributed by atoms with E-state index in [1.54, 1.807) is 0 Å². The highest BCUT2D eigenvalue weighted by molar-refractivity contribution is 4.80. The standard InChI is InChI=1S/C8H16.C2H6/c1-8(2,3)7-5-4-6-7;1-2/h7H,4-6H2,1-3H3;1-2H3. The van der Waals surface area contributed by atoms with E-state index in [0.717, 1.165) is 5.92 Å². The van der Waals surface area contributed by atoms with E-state index in [4.69, 9.17) is 0 Å². The summed E-state index contributed by atoms with van der Waals surface area (Å²) in [5, 5.41) is 0. The molecule has 0 saturated heterocycles. The molecule has 0 atom stereocenters. The highest BCUT2D eigenvalue weighted by Crippen LogP contribution is 2.40. The van der Waals surface area contributed by atoms with Gasteiger partial charge < -0.3 is 0 Å². The first-order valence-electron chi connectivity index (χ1n) is 4.61. The van der Waals surface area contributed by atoms with Crippen molar-refractivity contribution in [2.75, 3.05) is 0 Å². The monoisotopic (exact) mass is 142 g/mol. The molecule has 62 valence electrons. The fourth-order valence-corrected chi connectivity index (χ4v) is 1.27. The van der Waals surface area contributed by atoms with Gasteiger partial charge in [-0.3, -0.25) is 0 Å². The van der Waals surface area contributed by atoms with Crippen LogP contribution in [0.3, 0.4) is 0 Å². The molecule has 0 aromatic rings. The topological polar surface area (TPSA) is 0 Å². The molecule has 10 heavy (non-hydrogen) atoms. The van der Waals surface area contributed by atoms with Crippen molar-refractivity contribution in [3.8, 4) is 0 Å². The Kier molecular flexibility index (Phi) is 4.00. The minimum atomic E-state index is 0.595. The molecule has 1 rings (SSSR count). The fourth-order valence-electron chi connectivity index (χ4n) is 1.27. The molecular formula is C10H22. The Balaban J connectivity index is 0.000000371. The van der Waals surface area contributed by atoms with Gasteiger partial charge in [-0.15, -0.1) is 0 Å². The van der Waals surface area contributed by atoms with Gasteiger partial charge >= 0.3 is 0 Å². The lowest BCUT2D eigenvalue weighted by atomic mass is 9.69. The van der Waals surface area contributed by atoms with Crippen molar-refractivity contribution in [3.05, 3.63) is 0 Å². The van der Waals surface area contributed by atoms with Gasteiger partial charge in [0, 0.05) is 0 Å². The molecule has 0 heteroatoms. The zero-order valence-electron chi connectivity index (χ0n) is 8.20. The van der Waals surface area contributed by atoms with E-state index < -0.39 is 0 Å². The summed E-state index contributed by atoms with van der Waals surface area (Å²) < 4.78 is 0. The van der Waals surface area contributed by atoms with Gasteiger partial charge in [0.05, 0.1) is 0 Å². The Morgan fingerprint density at radius 2 is 1.40 bits per heavy atom. The Morgan fingerprint density at radius 1 is 1.00 bits per heavy atom. The molecule has 0 aromatic carbocycles. The molecule has 1 fully saturated rings. The van der Waals surface area contributed by atoms with Crippen LogP contribution in [-0.4, -0.2) is 0 Å². The Bertz CT molecular complexity index is 72.5. The van der Waals surface area contributed by atoms with Crippen LogP contribution in [0.4, 0.5) is 0 Å². The molecule has 0 radical (unpaired) electrons. The Hall–Kier alpha value is 0. The van der Waals surface area contributed by atoms with Gasteiger partial charge in [-0.05, 0) is 24.2 Å². The molecule has 0 aliphatic heterocycles. The van der Waals surface area contributed by atoms with Gasteiger partial charge in [0.25, 0.3) is 0 Å². The first kappa shape index (κ1) is 10.0. The SMILES string of the molecule is CC.CC(C)(C)C1CCC1. The zero-order chi connectivity index (χ0) is 8.20. The molecule has 1 aliphatic rings. The summed E-state index contributed by atoms with van der Waals surface area (Å²) in [5.41, 5.74) is 0.595. The zero-order valence-corrected chi connectivity index (χ0v) is 8.20. The minimum absolute atomic E-state index is 0.595. The maximum Gasteiger partial charge on any atom is -0.0354 e. The molecule has 0 aromatic heterocycles.